The smallest absolute Gasteiger partial charge is 0.326 e. The summed E-state index contributed by atoms with van der Waals surface area (Å²) in [6.45, 7) is 2.33. The van der Waals surface area contributed by atoms with Crippen LogP contribution in [0.5, 0.6) is 0 Å². The van der Waals surface area contributed by atoms with Crippen LogP contribution in [0.25, 0.3) is 0 Å². The average Bonchev–Trinajstić information content (AvgIpc) is 2.69. The first-order chi connectivity index (χ1) is 9.29. The third kappa shape index (κ3) is 3.04. The number of carbonyl (C=O) groups excluding carboxylic acids is 1. The number of nitrogens with zero attached hydrogens (tertiary/aromatic N) is 1. The largest absolute Gasteiger partial charge is 0.416 e. The van der Waals surface area contributed by atoms with Crippen LogP contribution in [-0.4, -0.2) is 29.6 Å². The molecule has 2 amide bonds. The van der Waals surface area contributed by atoms with E-state index in [2.05, 4.69) is 5.32 Å². The predicted molar refractivity (Wildman–Crippen MR) is 69.2 cm³/mol. The summed E-state index contributed by atoms with van der Waals surface area (Å²) >= 11 is 0. The molecule has 20 heavy (non-hydrogen) atoms. The molecule has 2 atom stereocenters. The highest BCUT2D eigenvalue weighted by atomic mass is 19.4. The zero-order valence-corrected chi connectivity index (χ0v) is 10.9. The van der Waals surface area contributed by atoms with Crippen LogP contribution in [0.1, 0.15) is 18.9 Å². The third-order valence-electron chi connectivity index (χ3n) is 3.52. The van der Waals surface area contributed by atoms with Crippen LogP contribution in [0.4, 0.5) is 23.7 Å². The van der Waals surface area contributed by atoms with Gasteiger partial charge in [0.2, 0.25) is 0 Å². The van der Waals surface area contributed by atoms with E-state index < -0.39 is 17.8 Å². The number of halogens is 3. The second kappa shape index (κ2) is 5.32. The van der Waals surface area contributed by atoms with Crippen LogP contribution in [0.3, 0.4) is 0 Å². The maximum atomic E-state index is 12.6. The van der Waals surface area contributed by atoms with E-state index in [1.54, 1.807) is 0 Å². The second-order valence-corrected chi connectivity index (χ2v) is 4.90. The molecule has 4 nitrogen and oxygen atoms in total. The number of amides is 2. The van der Waals surface area contributed by atoms with Crippen molar-refractivity contribution in [1.29, 1.82) is 0 Å². The number of urea groups is 1. The van der Waals surface area contributed by atoms with Gasteiger partial charge in [-0.3, -0.25) is 0 Å². The number of hydrogen-bond acceptors (Lipinski definition) is 2. The van der Waals surface area contributed by atoms with Crippen molar-refractivity contribution < 1.29 is 18.0 Å². The van der Waals surface area contributed by atoms with Crippen LogP contribution in [0, 0.1) is 0 Å². The van der Waals surface area contributed by atoms with Gasteiger partial charge < -0.3 is 16.0 Å². The summed E-state index contributed by atoms with van der Waals surface area (Å²) in [5.74, 6) is 0. The standard InChI is InChI=1S/C13H16F3N3O/c1-8-11(17)5-6-19(8)12(20)18-10-4-2-3-9(7-10)13(14,15)16/h2-4,7-8,11H,5-6,17H2,1H3,(H,18,20). The molecule has 1 aliphatic rings. The summed E-state index contributed by atoms with van der Waals surface area (Å²) in [5.41, 5.74) is 5.14. The van der Waals surface area contributed by atoms with E-state index in [1.807, 2.05) is 6.92 Å². The van der Waals surface area contributed by atoms with Crippen LogP contribution in [0.2, 0.25) is 0 Å². The van der Waals surface area contributed by atoms with Gasteiger partial charge in [0.05, 0.1) is 5.56 Å². The molecule has 110 valence electrons. The fourth-order valence-electron chi connectivity index (χ4n) is 2.22. The molecule has 1 aromatic rings. The second-order valence-electron chi connectivity index (χ2n) is 4.90. The summed E-state index contributed by atoms with van der Waals surface area (Å²) < 4.78 is 37.7. The highest BCUT2D eigenvalue weighted by molar-refractivity contribution is 5.89. The lowest BCUT2D eigenvalue weighted by atomic mass is 10.2. The topological polar surface area (TPSA) is 58.4 Å². The van der Waals surface area contributed by atoms with Crippen molar-refractivity contribution in [2.75, 3.05) is 11.9 Å². The monoisotopic (exact) mass is 287 g/mol. The average molecular weight is 287 g/mol. The lowest BCUT2D eigenvalue weighted by Gasteiger charge is -2.23. The molecule has 0 radical (unpaired) electrons. The zero-order valence-electron chi connectivity index (χ0n) is 10.9. The molecular weight excluding hydrogens is 271 g/mol. The lowest BCUT2D eigenvalue weighted by Crippen LogP contribution is -2.42. The summed E-state index contributed by atoms with van der Waals surface area (Å²) in [4.78, 5) is 13.5. The molecule has 0 bridgehead atoms. The van der Waals surface area contributed by atoms with Crippen molar-refractivity contribution in [2.45, 2.75) is 31.6 Å². The summed E-state index contributed by atoms with van der Waals surface area (Å²) in [7, 11) is 0. The maximum absolute atomic E-state index is 12.6. The Bertz CT molecular complexity index is 504. The first-order valence-corrected chi connectivity index (χ1v) is 6.29. The number of rotatable bonds is 1. The number of benzene rings is 1. The molecule has 2 rings (SSSR count). The fourth-order valence-corrected chi connectivity index (χ4v) is 2.22. The van der Waals surface area contributed by atoms with E-state index in [0.29, 0.717) is 13.0 Å². The number of hydrogen-bond donors (Lipinski definition) is 2. The Morgan fingerprint density at radius 2 is 2.15 bits per heavy atom. The summed E-state index contributed by atoms with van der Waals surface area (Å²) in [6.07, 6.45) is -3.73. The Hall–Kier alpha value is -1.76. The van der Waals surface area contributed by atoms with Gasteiger partial charge in [0.1, 0.15) is 0 Å². The quantitative estimate of drug-likeness (QED) is 0.834. The molecular formula is C13H16F3N3O. The van der Waals surface area contributed by atoms with Crippen molar-refractivity contribution in [3.63, 3.8) is 0 Å². The van der Waals surface area contributed by atoms with E-state index in [9.17, 15) is 18.0 Å². The molecule has 1 aromatic carbocycles. The Balaban J connectivity index is 2.09. The van der Waals surface area contributed by atoms with Gasteiger partial charge in [0.15, 0.2) is 0 Å². The Kier molecular flexibility index (Phi) is 3.89. The van der Waals surface area contributed by atoms with E-state index in [0.717, 1.165) is 12.1 Å². The minimum absolute atomic E-state index is 0.0951. The van der Waals surface area contributed by atoms with Gasteiger partial charge in [-0.1, -0.05) is 6.07 Å². The van der Waals surface area contributed by atoms with Crippen molar-refractivity contribution in [3.05, 3.63) is 29.8 Å². The molecule has 7 heteroatoms. The van der Waals surface area contributed by atoms with Crippen LogP contribution >= 0.6 is 0 Å². The number of anilines is 1. The molecule has 2 unspecified atom stereocenters. The normalized spacial score (nSPS) is 22.9. The Labute approximate surface area is 114 Å². The molecule has 1 saturated heterocycles. The summed E-state index contributed by atoms with van der Waals surface area (Å²) in [5, 5.41) is 2.48. The molecule has 0 saturated carbocycles. The molecule has 3 N–H and O–H groups in total. The van der Waals surface area contributed by atoms with Crippen LogP contribution in [-0.2, 0) is 6.18 Å². The van der Waals surface area contributed by atoms with Gasteiger partial charge in [-0.25, -0.2) is 4.79 Å². The molecule has 1 aliphatic heterocycles. The number of nitrogens with two attached hydrogens (primary N) is 1. The number of nitrogens with one attached hydrogen (secondary N) is 1. The van der Waals surface area contributed by atoms with Crippen molar-refractivity contribution in [1.82, 2.24) is 4.90 Å². The van der Waals surface area contributed by atoms with Crippen LogP contribution in [0.15, 0.2) is 24.3 Å². The van der Waals surface area contributed by atoms with Gasteiger partial charge in [0.25, 0.3) is 0 Å². The number of carbonyl (C=O) groups is 1. The molecule has 0 aliphatic carbocycles. The minimum atomic E-state index is -4.43. The third-order valence-corrected chi connectivity index (χ3v) is 3.52. The molecule has 0 aromatic heterocycles. The van der Waals surface area contributed by atoms with Gasteiger partial charge in [-0.15, -0.1) is 0 Å². The van der Waals surface area contributed by atoms with E-state index in [1.165, 1.54) is 17.0 Å². The van der Waals surface area contributed by atoms with E-state index in [-0.39, 0.29) is 17.8 Å². The van der Waals surface area contributed by atoms with Gasteiger partial charge in [-0.05, 0) is 31.5 Å². The zero-order chi connectivity index (χ0) is 14.9. The minimum Gasteiger partial charge on any atom is -0.326 e. The van der Waals surface area contributed by atoms with Gasteiger partial charge in [0, 0.05) is 24.3 Å². The Morgan fingerprint density at radius 1 is 1.45 bits per heavy atom. The highest BCUT2D eigenvalue weighted by Crippen LogP contribution is 2.30. The number of alkyl halides is 3. The van der Waals surface area contributed by atoms with Gasteiger partial charge >= 0.3 is 12.2 Å². The Morgan fingerprint density at radius 3 is 2.70 bits per heavy atom. The van der Waals surface area contributed by atoms with E-state index >= 15 is 0 Å². The van der Waals surface area contributed by atoms with Crippen molar-refractivity contribution >= 4 is 11.7 Å². The molecule has 1 fully saturated rings. The fraction of sp³-hybridized carbons (Fsp3) is 0.462. The van der Waals surface area contributed by atoms with Gasteiger partial charge in [-0.2, -0.15) is 13.2 Å². The van der Waals surface area contributed by atoms with E-state index in [4.69, 9.17) is 5.73 Å². The van der Waals surface area contributed by atoms with Crippen LogP contribution < -0.4 is 11.1 Å². The first kappa shape index (κ1) is 14.6. The summed E-state index contributed by atoms with van der Waals surface area (Å²) in [6, 6.07) is 3.92. The molecule has 1 heterocycles. The maximum Gasteiger partial charge on any atom is 0.416 e. The lowest BCUT2D eigenvalue weighted by molar-refractivity contribution is -0.137. The number of likely N-dealkylation sites (tertiary alicyclic amines) is 1. The predicted octanol–water partition coefficient (Wildman–Crippen LogP) is 2.66. The highest BCUT2D eigenvalue weighted by Gasteiger charge is 2.32. The van der Waals surface area contributed by atoms with Crippen molar-refractivity contribution in [3.8, 4) is 0 Å². The molecule has 0 spiro atoms. The SMILES string of the molecule is CC1C(N)CCN1C(=O)Nc1cccc(C(F)(F)F)c1. The first-order valence-electron chi connectivity index (χ1n) is 6.29. The van der Waals surface area contributed by atoms with Crippen molar-refractivity contribution in [2.24, 2.45) is 5.73 Å².